The normalized spacial score (nSPS) is 16.9. The molecule has 150 valence electrons. The van der Waals surface area contributed by atoms with Crippen LogP contribution in [-0.4, -0.2) is 38.7 Å². The molecule has 1 aromatic rings. The molecule has 0 aliphatic carbocycles. The molecule has 0 aromatic heterocycles. The van der Waals surface area contributed by atoms with Crippen LogP contribution in [0.4, 0.5) is 5.69 Å². The maximum Gasteiger partial charge on any atom is 0.240 e. The van der Waals surface area contributed by atoms with Gasteiger partial charge in [-0.2, -0.15) is 0 Å². The maximum atomic E-state index is 12.3. The largest absolute Gasteiger partial charge is 0.377 e. The highest BCUT2D eigenvalue weighted by Crippen LogP contribution is 2.16. The summed E-state index contributed by atoms with van der Waals surface area (Å²) in [6.45, 7) is 3.03. The zero-order valence-corrected chi connectivity index (χ0v) is 17.1. The van der Waals surface area contributed by atoms with Crippen LogP contribution in [0.2, 0.25) is 0 Å². The lowest BCUT2D eigenvalue weighted by Crippen LogP contribution is -2.34. The first-order valence-electron chi connectivity index (χ1n) is 9.23. The molecule has 3 N–H and O–H groups in total. The molecule has 0 saturated carbocycles. The molecular weight excluding hydrogens is 386 g/mol. The molecular formula is C18H27N3O4S2. The van der Waals surface area contributed by atoms with Gasteiger partial charge in [-0.3, -0.25) is 4.79 Å². The molecule has 1 fully saturated rings. The molecule has 1 unspecified atom stereocenters. The van der Waals surface area contributed by atoms with Crippen LogP contribution in [0.5, 0.6) is 0 Å². The topological polar surface area (TPSA) is 96.5 Å². The lowest BCUT2D eigenvalue weighted by Gasteiger charge is -2.12. The number of carbonyl (C=O) groups is 1. The summed E-state index contributed by atoms with van der Waals surface area (Å²) in [5, 5.41) is 5.70. The smallest absolute Gasteiger partial charge is 0.240 e. The summed E-state index contributed by atoms with van der Waals surface area (Å²) in [5.74, 6) is -0.126. The average Bonchev–Trinajstić information content (AvgIpc) is 3.14. The summed E-state index contributed by atoms with van der Waals surface area (Å²) in [4.78, 5) is 11.9. The van der Waals surface area contributed by atoms with Gasteiger partial charge in [-0.15, -0.1) is 0 Å². The predicted octanol–water partition coefficient (Wildman–Crippen LogP) is 2.54. The Morgan fingerprint density at radius 2 is 2.00 bits per heavy atom. The number of nitrogens with one attached hydrogen (secondary N) is 3. The van der Waals surface area contributed by atoms with Crippen LogP contribution in [0.15, 0.2) is 29.2 Å². The Kier molecular flexibility index (Phi) is 8.62. The summed E-state index contributed by atoms with van der Waals surface area (Å²) < 4.78 is 32.6. The molecule has 1 saturated heterocycles. The Morgan fingerprint density at radius 3 is 2.63 bits per heavy atom. The second-order valence-corrected chi connectivity index (χ2v) is 8.65. The summed E-state index contributed by atoms with van der Waals surface area (Å²) in [6, 6.07) is 6.20. The number of benzene rings is 1. The average molecular weight is 414 g/mol. The van der Waals surface area contributed by atoms with Gasteiger partial charge in [0.05, 0.1) is 11.0 Å². The SMILES string of the molecule is CCCCCC(=O)NC(=S)Nc1ccc(S(=O)(=O)NCC2CCCO2)cc1. The highest BCUT2D eigenvalue weighted by molar-refractivity contribution is 7.89. The third-order valence-corrected chi connectivity index (χ3v) is 5.85. The first kappa shape index (κ1) is 21.7. The molecule has 2 rings (SSSR count). The van der Waals surface area contributed by atoms with E-state index in [-0.39, 0.29) is 28.6 Å². The summed E-state index contributed by atoms with van der Waals surface area (Å²) in [7, 11) is -3.59. The minimum atomic E-state index is -3.59. The van der Waals surface area contributed by atoms with E-state index in [4.69, 9.17) is 17.0 Å². The zero-order valence-electron chi connectivity index (χ0n) is 15.5. The number of ether oxygens (including phenoxy) is 1. The molecule has 27 heavy (non-hydrogen) atoms. The Labute approximate surface area is 166 Å². The van der Waals surface area contributed by atoms with Gasteiger partial charge >= 0.3 is 0 Å². The third-order valence-electron chi connectivity index (χ3n) is 4.21. The van der Waals surface area contributed by atoms with Gasteiger partial charge in [0.25, 0.3) is 0 Å². The van der Waals surface area contributed by atoms with E-state index < -0.39 is 10.0 Å². The van der Waals surface area contributed by atoms with Crippen LogP contribution >= 0.6 is 12.2 Å². The minimum absolute atomic E-state index is 0.0565. The quantitative estimate of drug-likeness (QED) is 0.425. The van der Waals surface area contributed by atoms with Gasteiger partial charge in [0.1, 0.15) is 0 Å². The van der Waals surface area contributed by atoms with E-state index in [1.54, 1.807) is 12.1 Å². The number of rotatable bonds is 9. The number of hydrogen-bond donors (Lipinski definition) is 3. The Morgan fingerprint density at radius 1 is 1.26 bits per heavy atom. The van der Waals surface area contributed by atoms with Gasteiger partial charge in [-0.05, 0) is 55.7 Å². The zero-order chi connectivity index (χ0) is 19.7. The van der Waals surface area contributed by atoms with Crippen LogP contribution in [0.25, 0.3) is 0 Å². The Hall–Kier alpha value is -1.55. The molecule has 0 radical (unpaired) electrons. The lowest BCUT2D eigenvalue weighted by molar-refractivity contribution is -0.119. The highest BCUT2D eigenvalue weighted by Gasteiger charge is 2.20. The standard InChI is InChI=1S/C18H27N3O4S2/c1-2-3-4-7-17(22)21-18(26)20-14-8-10-16(11-9-14)27(23,24)19-13-15-6-5-12-25-15/h8-11,15,19H,2-7,12-13H2,1H3,(H2,20,21,22,26). The lowest BCUT2D eigenvalue weighted by atomic mass is 10.2. The van der Waals surface area contributed by atoms with Crippen LogP contribution in [0, 0.1) is 0 Å². The minimum Gasteiger partial charge on any atom is -0.377 e. The number of carbonyl (C=O) groups excluding carboxylic acids is 1. The van der Waals surface area contributed by atoms with Crippen LogP contribution in [-0.2, 0) is 19.6 Å². The van der Waals surface area contributed by atoms with E-state index in [0.717, 1.165) is 32.1 Å². The van der Waals surface area contributed by atoms with Gasteiger partial charge < -0.3 is 15.4 Å². The molecule has 0 bridgehead atoms. The Bertz CT molecular complexity index is 729. The van der Waals surface area contributed by atoms with Gasteiger partial charge in [0, 0.05) is 25.3 Å². The van der Waals surface area contributed by atoms with Gasteiger partial charge in [0.15, 0.2) is 5.11 Å². The van der Waals surface area contributed by atoms with Crippen molar-refractivity contribution in [2.45, 2.75) is 56.4 Å². The van der Waals surface area contributed by atoms with E-state index >= 15 is 0 Å². The van der Waals surface area contributed by atoms with E-state index in [2.05, 4.69) is 22.3 Å². The number of amides is 1. The first-order valence-corrected chi connectivity index (χ1v) is 11.1. The van der Waals surface area contributed by atoms with Crippen molar-refractivity contribution in [3.05, 3.63) is 24.3 Å². The van der Waals surface area contributed by atoms with Crippen molar-refractivity contribution in [3.8, 4) is 0 Å². The molecule has 1 aliphatic heterocycles. The molecule has 9 heteroatoms. The van der Waals surface area contributed by atoms with Gasteiger partial charge in [-0.25, -0.2) is 13.1 Å². The molecule has 1 heterocycles. The first-order chi connectivity index (χ1) is 12.9. The van der Waals surface area contributed by atoms with Crippen LogP contribution in [0.3, 0.4) is 0 Å². The predicted molar refractivity (Wildman–Crippen MR) is 109 cm³/mol. The number of hydrogen-bond acceptors (Lipinski definition) is 5. The summed E-state index contributed by atoms with van der Waals surface area (Å²) in [5.41, 5.74) is 0.604. The van der Waals surface area contributed by atoms with E-state index in [1.165, 1.54) is 12.1 Å². The van der Waals surface area contributed by atoms with Crippen molar-refractivity contribution >= 4 is 38.9 Å². The van der Waals surface area contributed by atoms with Crippen molar-refractivity contribution in [3.63, 3.8) is 0 Å². The maximum absolute atomic E-state index is 12.3. The van der Waals surface area contributed by atoms with Crippen molar-refractivity contribution in [2.75, 3.05) is 18.5 Å². The van der Waals surface area contributed by atoms with Crippen molar-refractivity contribution in [1.82, 2.24) is 10.0 Å². The summed E-state index contributed by atoms with van der Waals surface area (Å²) >= 11 is 5.11. The van der Waals surface area contributed by atoms with Crippen molar-refractivity contribution in [2.24, 2.45) is 0 Å². The van der Waals surface area contributed by atoms with E-state index in [1.807, 2.05) is 0 Å². The number of sulfonamides is 1. The third kappa shape index (κ3) is 7.53. The van der Waals surface area contributed by atoms with Gasteiger partial charge in [-0.1, -0.05) is 19.8 Å². The van der Waals surface area contributed by atoms with Gasteiger partial charge in [0.2, 0.25) is 15.9 Å². The van der Waals surface area contributed by atoms with Crippen LogP contribution < -0.4 is 15.4 Å². The monoisotopic (exact) mass is 413 g/mol. The fraction of sp³-hybridized carbons (Fsp3) is 0.556. The second kappa shape index (κ2) is 10.7. The summed E-state index contributed by atoms with van der Waals surface area (Å²) in [6.07, 6.45) is 5.09. The second-order valence-electron chi connectivity index (χ2n) is 6.47. The molecule has 1 aliphatic rings. The van der Waals surface area contributed by atoms with E-state index in [9.17, 15) is 13.2 Å². The molecule has 1 aromatic carbocycles. The molecule has 1 amide bonds. The number of thiocarbonyl (C=S) groups is 1. The number of unbranched alkanes of at least 4 members (excludes halogenated alkanes) is 2. The highest BCUT2D eigenvalue weighted by atomic mass is 32.2. The molecule has 0 spiro atoms. The fourth-order valence-corrected chi connectivity index (χ4v) is 3.99. The van der Waals surface area contributed by atoms with Crippen molar-refractivity contribution < 1.29 is 17.9 Å². The fourth-order valence-electron chi connectivity index (χ4n) is 2.70. The van der Waals surface area contributed by atoms with Crippen molar-refractivity contribution in [1.29, 1.82) is 0 Å². The molecule has 7 nitrogen and oxygen atoms in total. The van der Waals surface area contributed by atoms with Crippen LogP contribution in [0.1, 0.15) is 45.4 Å². The molecule has 1 atom stereocenters. The Balaban J connectivity index is 1.82. The van der Waals surface area contributed by atoms with E-state index in [0.29, 0.717) is 18.7 Å². The number of anilines is 1.